The summed E-state index contributed by atoms with van der Waals surface area (Å²) in [4.78, 5) is 12.4. The van der Waals surface area contributed by atoms with Gasteiger partial charge in [0.15, 0.2) is 0 Å². The minimum Gasteiger partial charge on any atom is -0.497 e. The summed E-state index contributed by atoms with van der Waals surface area (Å²) in [7, 11) is 3.16. The Balaban J connectivity index is 1.65. The van der Waals surface area contributed by atoms with Crippen LogP contribution in [0.25, 0.3) is 10.8 Å². The maximum atomic E-state index is 12.4. The molecule has 1 atom stereocenters. The number of fused-ring (bicyclic) bond motifs is 1. The molecule has 28 heavy (non-hydrogen) atoms. The topological polar surface area (TPSA) is 72.0 Å². The van der Waals surface area contributed by atoms with Gasteiger partial charge in [-0.1, -0.05) is 36.4 Å². The Hall–Kier alpha value is -3.54. The number of hydrogen-bond donors (Lipinski definition) is 2. The first kappa shape index (κ1) is 19.2. The Morgan fingerprint density at radius 1 is 1.04 bits per heavy atom. The van der Waals surface area contributed by atoms with Crippen LogP contribution in [0.5, 0.6) is 11.5 Å². The second-order valence-electron chi connectivity index (χ2n) is 6.23. The van der Waals surface area contributed by atoms with E-state index in [1.165, 1.54) is 0 Å². The van der Waals surface area contributed by atoms with Gasteiger partial charge < -0.3 is 14.8 Å². The molecule has 0 radical (unpaired) electrons. The van der Waals surface area contributed by atoms with Gasteiger partial charge in [0.05, 0.1) is 20.4 Å². The molecule has 0 fully saturated rings. The van der Waals surface area contributed by atoms with E-state index in [1.54, 1.807) is 39.5 Å². The third-order valence-corrected chi connectivity index (χ3v) is 4.37. The first-order valence-electron chi connectivity index (χ1n) is 8.91. The summed E-state index contributed by atoms with van der Waals surface area (Å²) in [6.07, 6.45) is 1.54. The fourth-order valence-corrected chi connectivity index (χ4v) is 2.84. The lowest BCUT2D eigenvalue weighted by Gasteiger charge is -2.15. The highest BCUT2D eigenvalue weighted by atomic mass is 16.5. The molecule has 6 heteroatoms. The molecule has 3 rings (SSSR count). The third-order valence-electron chi connectivity index (χ3n) is 4.37. The van der Waals surface area contributed by atoms with Crippen LogP contribution in [0, 0.1) is 0 Å². The Morgan fingerprint density at radius 3 is 2.61 bits per heavy atom. The molecule has 0 aliphatic heterocycles. The van der Waals surface area contributed by atoms with E-state index in [0.29, 0.717) is 11.5 Å². The predicted molar refractivity (Wildman–Crippen MR) is 112 cm³/mol. The Labute approximate surface area is 164 Å². The van der Waals surface area contributed by atoms with Crippen molar-refractivity contribution in [3.63, 3.8) is 0 Å². The lowest BCUT2D eigenvalue weighted by Crippen LogP contribution is -2.34. The maximum Gasteiger partial charge on any atom is 0.262 e. The third kappa shape index (κ3) is 4.40. The summed E-state index contributed by atoms with van der Waals surface area (Å²) in [5.41, 5.74) is 4.20. The highest BCUT2D eigenvalue weighted by Gasteiger charge is 2.13. The van der Waals surface area contributed by atoms with Crippen molar-refractivity contribution in [2.75, 3.05) is 19.5 Å². The van der Waals surface area contributed by atoms with Crippen molar-refractivity contribution in [1.82, 2.24) is 5.43 Å². The van der Waals surface area contributed by atoms with Gasteiger partial charge in [-0.2, -0.15) is 5.10 Å². The van der Waals surface area contributed by atoms with Gasteiger partial charge in [0.1, 0.15) is 17.5 Å². The lowest BCUT2D eigenvalue weighted by atomic mass is 10.1. The Kier molecular flexibility index (Phi) is 6.11. The Bertz CT molecular complexity index is 996. The van der Waals surface area contributed by atoms with Gasteiger partial charge in [-0.15, -0.1) is 0 Å². The van der Waals surface area contributed by atoms with Crippen molar-refractivity contribution in [2.45, 2.75) is 13.0 Å². The van der Waals surface area contributed by atoms with Crippen LogP contribution in [0.15, 0.2) is 65.8 Å². The molecule has 3 aromatic carbocycles. The second kappa shape index (κ2) is 8.90. The van der Waals surface area contributed by atoms with Gasteiger partial charge in [0, 0.05) is 22.7 Å². The van der Waals surface area contributed by atoms with Crippen LogP contribution in [-0.4, -0.2) is 32.4 Å². The van der Waals surface area contributed by atoms with Crippen molar-refractivity contribution >= 4 is 28.6 Å². The summed E-state index contributed by atoms with van der Waals surface area (Å²) < 4.78 is 10.5. The number of ether oxygens (including phenoxy) is 2. The van der Waals surface area contributed by atoms with Crippen molar-refractivity contribution < 1.29 is 14.3 Å². The van der Waals surface area contributed by atoms with Crippen LogP contribution in [0.1, 0.15) is 12.5 Å². The molecule has 0 aromatic heterocycles. The molecule has 0 spiro atoms. The number of hydrazone groups is 1. The van der Waals surface area contributed by atoms with Gasteiger partial charge in [-0.25, -0.2) is 5.43 Å². The molecule has 0 aliphatic carbocycles. The molecule has 144 valence electrons. The van der Waals surface area contributed by atoms with Crippen LogP contribution in [0.4, 0.5) is 5.69 Å². The van der Waals surface area contributed by atoms with Crippen LogP contribution in [-0.2, 0) is 4.79 Å². The van der Waals surface area contributed by atoms with Crippen LogP contribution < -0.4 is 20.2 Å². The summed E-state index contributed by atoms with van der Waals surface area (Å²) in [5, 5.41) is 9.47. The van der Waals surface area contributed by atoms with Gasteiger partial charge in [0.25, 0.3) is 5.91 Å². The molecule has 6 nitrogen and oxygen atoms in total. The number of methoxy groups -OCH3 is 2. The lowest BCUT2D eigenvalue weighted by molar-refractivity contribution is -0.121. The first-order chi connectivity index (χ1) is 13.6. The minimum atomic E-state index is -0.458. The number of nitrogens with zero attached hydrogens (tertiary/aromatic N) is 1. The number of carbonyl (C=O) groups is 1. The number of nitrogens with one attached hydrogen (secondary N) is 2. The minimum absolute atomic E-state index is 0.239. The van der Waals surface area contributed by atoms with Gasteiger partial charge in [-0.3, -0.25) is 4.79 Å². The summed E-state index contributed by atoms with van der Waals surface area (Å²) in [5.74, 6) is 1.06. The smallest absolute Gasteiger partial charge is 0.262 e. The fraction of sp³-hybridized carbons (Fsp3) is 0.182. The van der Waals surface area contributed by atoms with Crippen LogP contribution in [0.2, 0.25) is 0 Å². The molecule has 3 aromatic rings. The van der Waals surface area contributed by atoms with E-state index in [4.69, 9.17) is 9.47 Å². The van der Waals surface area contributed by atoms with Crippen molar-refractivity contribution in [3.8, 4) is 11.5 Å². The molecule has 0 aliphatic rings. The zero-order chi connectivity index (χ0) is 19.9. The van der Waals surface area contributed by atoms with Crippen LogP contribution >= 0.6 is 0 Å². The first-order valence-corrected chi connectivity index (χ1v) is 8.91. The normalized spacial score (nSPS) is 12.0. The molecule has 1 amide bonds. The Morgan fingerprint density at radius 2 is 1.82 bits per heavy atom. The van der Waals surface area contributed by atoms with E-state index in [-0.39, 0.29) is 5.91 Å². The van der Waals surface area contributed by atoms with Gasteiger partial charge >= 0.3 is 0 Å². The summed E-state index contributed by atoms with van der Waals surface area (Å²) >= 11 is 0. The van der Waals surface area contributed by atoms with E-state index < -0.39 is 6.04 Å². The number of benzene rings is 3. The second-order valence-corrected chi connectivity index (χ2v) is 6.23. The molecule has 0 saturated heterocycles. The molecule has 0 heterocycles. The van der Waals surface area contributed by atoms with Crippen molar-refractivity contribution in [1.29, 1.82) is 0 Å². The quantitative estimate of drug-likeness (QED) is 0.485. The highest BCUT2D eigenvalue weighted by Crippen LogP contribution is 2.24. The van der Waals surface area contributed by atoms with E-state index in [1.807, 2.05) is 48.5 Å². The van der Waals surface area contributed by atoms with Crippen LogP contribution in [0.3, 0.4) is 0 Å². The average molecular weight is 377 g/mol. The summed E-state index contributed by atoms with van der Waals surface area (Å²) in [6.45, 7) is 1.79. The zero-order valence-electron chi connectivity index (χ0n) is 16.1. The summed E-state index contributed by atoms with van der Waals surface area (Å²) in [6, 6.07) is 18.9. The van der Waals surface area contributed by atoms with Gasteiger partial charge in [0.2, 0.25) is 0 Å². The predicted octanol–water partition coefficient (Wildman–Crippen LogP) is 3.81. The number of hydrogen-bond acceptors (Lipinski definition) is 5. The highest BCUT2D eigenvalue weighted by molar-refractivity contribution is 5.96. The number of amides is 1. The average Bonchev–Trinajstić information content (AvgIpc) is 2.74. The van der Waals surface area contributed by atoms with Gasteiger partial charge in [-0.05, 0) is 30.5 Å². The fourth-order valence-electron chi connectivity index (χ4n) is 2.84. The number of rotatable bonds is 7. The zero-order valence-corrected chi connectivity index (χ0v) is 16.1. The SMILES string of the molecule is COc1ccc(C=NNC(=O)[C@H](C)Nc2cccc3ccccc23)c(OC)c1. The standard InChI is InChI=1S/C22H23N3O3/c1-15(24-20-10-6-8-16-7-4-5-9-19(16)20)22(26)25-23-14-17-11-12-18(27-2)13-21(17)28-3/h4-15,24H,1-3H3,(H,25,26)/t15-/m0/s1. The monoisotopic (exact) mass is 377 g/mol. The van der Waals surface area contributed by atoms with E-state index in [0.717, 1.165) is 22.0 Å². The molecular weight excluding hydrogens is 354 g/mol. The largest absolute Gasteiger partial charge is 0.497 e. The molecule has 2 N–H and O–H groups in total. The molecule has 0 bridgehead atoms. The molecular formula is C22H23N3O3. The maximum absolute atomic E-state index is 12.4. The van der Waals surface area contributed by atoms with E-state index >= 15 is 0 Å². The van der Waals surface area contributed by atoms with Crippen molar-refractivity contribution in [2.24, 2.45) is 5.10 Å². The number of carbonyl (C=O) groups excluding carboxylic acids is 1. The molecule has 0 unspecified atom stereocenters. The van der Waals surface area contributed by atoms with E-state index in [2.05, 4.69) is 15.8 Å². The van der Waals surface area contributed by atoms with Crippen molar-refractivity contribution in [3.05, 3.63) is 66.2 Å². The molecule has 0 saturated carbocycles. The number of anilines is 1. The van der Waals surface area contributed by atoms with E-state index in [9.17, 15) is 4.79 Å².